The van der Waals surface area contributed by atoms with Crippen LogP contribution in [0.2, 0.25) is 0 Å². The minimum atomic E-state index is -0.244. The first-order valence-electron chi connectivity index (χ1n) is 5.94. The molecule has 4 N–H and O–H groups in total. The van der Waals surface area contributed by atoms with Crippen LogP contribution in [0.25, 0.3) is 0 Å². The van der Waals surface area contributed by atoms with E-state index in [0.29, 0.717) is 23.8 Å². The Hall–Kier alpha value is -0.580. The predicted molar refractivity (Wildman–Crippen MR) is 61.9 cm³/mol. The molecule has 16 heavy (non-hydrogen) atoms. The lowest BCUT2D eigenvalue weighted by atomic mass is 9.85. The monoisotopic (exact) mass is 226 g/mol. The Kier molecular flexibility index (Phi) is 2.77. The van der Waals surface area contributed by atoms with Gasteiger partial charge in [-0.05, 0) is 30.6 Å². The lowest BCUT2D eigenvalue weighted by molar-refractivity contribution is 0.158. The second kappa shape index (κ2) is 3.72. The van der Waals surface area contributed by atoms with Crippen molar-refractivity contribution in [2.45, 2.75) is 32.7 Å². The Balaban J connectivity index is 2.16. The van der Waals surface area contributed by atoms with E-state index in [1.807, 2.05) is 0 Å². The molecule has 0 saturated heterocycles. The summed E-state index contributed by atoms with van der Waals surface area (Å²) in [5.41, 5.74) is 3.26. The highest BCUT2D eigenvalue weighted by atomic mass is 16.5. The number of fused-ring (bicyclic) bond motifs is 1. The Labute approximate surface area is 96.7 Å². The van der Waals surface area contributed by atoms with Gasteiger partial charge in [0.2, 0.25) is 0 Å². The molecule has 0 spiro atoms. The lowest BCUT2D eigenvalue weighted by Gasteiger charge is -2.35. The van der Waals surface area contributed by atoms with E-state index in [-0.39, 0.29) is 12.1 Å². The van der Waals surface area contributed by atoms with Gasteiger partial charge in [0, 0.05) is 6.54 Å². The Morgan fingerprint density at radius 1 is 1.44 bits per heavy atom. The largest absolute Gasteiger partial charge is 0.395 e. The van der Waals surface area contributed by atoms with Gasteiger partial charge in [-0.25, -0.2) is 0 Å². The first-order chi connectivity index (χ1) is 7.45. The molecule has 3 atom stereocenters. The number of aliphatic hydroxyl groups excluding tert-OH is 1. The van der Waals surface area contributed by atoms with E-state index in [9.17, 15) is 5.21 Å². The first-order valence-corrected chi connectivity index (χ1v) is 5.94. The van der Waals surface area contributed by atoms with Crippen molar-refractivity contribution in [1.29, 1.82) is 0 Å². The standard InChI is InChI=1S/C12H22N2O2/c1-11(2)8-6-10(14-16)12(3,7-9(8)11)13-4-5-15/h6,8-9,13-16H,4-5,7H2,1-3H3/t8-,9+,12+/m1/s1. The Bertz CT molecular complexity index is 314. The van der Waals surface area contributed by atoms with Gasteiger partial charge in [0.25, 0.3) is 0 Å². The minimum Gasteiger partial charge on any atom is -0.395 e. The van der Waals surface area contributed by atoms with E-state index in [1.165, 1.54) is 0 Å². The van der Waals surface area contributed by atoms with Gasteiger partial charge in [-0.2, -0.15) is 0 Å². The van der Waals surface area contributed by atoms with Crippen LogP contribution in [-0.4, -0.2) is 29.0 Å². The highest BCUT2D eigenvalue weighted by Gasteiger charge is 2.61. The quantitative estimate of drug-likeness (QED) is 0.537. The molecular weight excluding hydrogens is 204 g/mol. The summed E-state index contributed by atoms with van der Waals surface area (Å²) in [6.07, 6.45) is 3.14. The molecule has 0 aliphatic heterocycles. The van der Waals surface area contributed by atoms with Gasteiger partial charge < -0.3 is 10.4 Å². The Morgan fingerprint density at radius 3 is 2.69 bits per heavy atom. The zero-order valence-corrected chi connectivity index (χ0v) is 10.2. The van der Waals surface area contributed by atoms with Crippen LogP contribution in [0.1, 0.15) is 27.2 Å². The van der Waals surface area contributed by atoms with E-state index in [1.54, 1.807) is 0 Å². The maximum atomic E-state index is 9.21. The summed E-state index contributed by atoms with van der Waals surface area (Å²) in [5.74, 6) is 1.26. The lowest BCUT2D eigenvalue weighted by Crippen LogP contribution is -2.50. The molecule has 0 bridgehead atoms. The van der Waals surface area contributed by atoms with Gasteiger partial charge in [0.15, 0.2) is 0 Å². The van der Waals surface area contributed by atoms with Crippen molar-refractivity contribution < 1.29 is 10.3 Å². The molecule has 0 radical (unpaired) electrons. The molecule has 0 aromatic rings. The molecule has 4 nitrogen and oxygen atoms in total. The normalized spacial score (nSPS) is 39.9. The molecule has 0 heterocycles. The van der Waals surface area contributed by atoms with Gasteiger partial charge in [0.05, 0.1) is 17.8 Å². The van der Waals surface area contributed by atoms with E-state index >= 15 is 0 Å². The van der Waals surface area contributed by atoms with Crippen molar-refractivity contribution >= 4 is 0 Å². The van der Waals surface area contributed by atoms with Gasteiger partial charge in [-0.1, -0.05) is 19.9 Å². The second-order valence-corrected chi connectivity index (χ2v) is 5.83. The number of hydrogen-bond donors (Lipinski definition) is 4. The summed E-state index contributed by atoms with van der Waals surface area (Å²) in [6, 6.07) is 0. The molecular formula is C12H22N2O2. The molecule has 2 rings (SSSR count). The fourth-order valence-electron chi connectivity index (χ4n) is 3.08. The highest BCUT2D eigenvalue weighted by molar-refractivity contribution is 5.31. The van der Waals surface area contributed by atoms with Crippen LogP contribution in [0.15, 0.2) is 11.8 Å². The van der Waals surface area contributed by atoms with Crippen LogP contribution in [0.5, 0.6) is 0 Å². The highest BCUT2D eigenvalue weighted by Crippen LogP contribution is 2.64. The van der Waals surface area contributed by atoms with Crippen molar-refractivity contribution in [1.82, 2.24) is 10.8 Å². The molecule has 92 valence electrons. The van der Waals surface area contributed by atoms with Crippen LogP contribution < -0.4 is 10.8 Å². The number of nitrogens with one attached hydrogen (secondary N) is 2. The average molecular weight is 226 g/mol. The van der Waals surface area contributed by atoms with Gasteiger partial charge in [-0.3, -0.25) is 10.7 Å². The number of β-amino-alcohol motifs (C(OH)–C–C–N with tert-alkyl or cyclic N) is 1. The Morgan fingerprint density at radius 2 is 2.12 bits per heavy atom. The zero-order valence-electron chi connectivity index (χ0n) is 10.2. The van der Waals surface area contributed by atoms with Crippen molar-refractivity contribution in [3.8, 4) is 0 Å². The van der Waals surface area contributed by atoms with E-state index in [0.717, 1.165) is 12.1 Å². The van der Waals surface area contributed by atoms with Gasteiger partial charge in [0.1, 0.15) is 0 Å². The SMILES string of the molecule is CC1(C)[C@@H]2C=C(NO)[C@@](C)(NCCO)C[C@@H]21. The third kappa shape index (κ3) is 1.65. The topological polar surface area (TPSA) is 64.5 Å². The maximum Gasteiger partial charge on any atom is 0.0578 e. The van der Waals surface area contributed by atoms with Gasteiger partial charge in [-0.15, -0.1) is 0 Å². The van der Waals surface area contributed by atoms with Crippen LogP contribution in [0.3, 0.4) is 0 Å². The molecule has 0 amide bonds. The van der Waals surface area contributed by atoms with Crippen LogP contribution in [-0.2, 0) is 0 Å². The van der Waals surface area contributed by atoms with Gasteiger partial charge >= 0.3 is 0 Å². The van der Waals surface area contributed by atoms with Crippen LogP contribution in [0, 0.1) is 17.3 Å². The number of hydroxylamine groups is 1. The second-order valence-electron chi connectivity index (χ2n) is 5.83. The molecule has 1 saturated carbocycles. The van der Waals surface area contributed by atoms with Crippen molar-refractivity contribution in [2.75, 3.05) is 13.2 Å². The summed E-state index contributed by atoms with van der Waals surface area (Å²) >= 11 is 0. The fraction of sp³-hybridized carbons (Fsp3) is 0.833. The summed E-state index contributed by atoms with van der Waals surface area (Å²) in [5, 5.41) is 21.4. The third-order valence-corrected chi connectivity index (χ3v) is 4.46. The summed E-state index contributed by atoms with van der Waals surface area (Å²) in [7, 11) is 0. The van der Waals surface area contributed by atoms with E-state index in [2.05, 4.69) is 37.6 Å². The molecule has 0 aromatic heterocycles. The third-order valence-electron chi connectivity index (χ3n) is 4.46. The molecule has 0 aromatic carbocycles. The summed E-state index contributed by atoms with van der Waals surface area (Å²) < 4.78 is 0. The predicted octanol–water partition coefficient (Wildman–Crippen LogP) is 0.866. The van der Waals surface area contributed by atoms with E-state index < -0.39 is 0 Å². The number of rotatable bonds is 4. The molecule has 1 fully saturated rings. The zero-order chi connectivity index (χ0) is 12.0. The maximum absolute atomic E-state index is 9.21. The summed E-state index contributed by atoms with van der Waals surface area (Å²) in [6.45, 7) is 7.28. The number of hydrogen-bond acceptors (Lipinski definition) is 4. The van der Waals surface area contributed by atoms with Crippen molar-refractivity contribution in [2.24, 2.45) is 17.3 Å². The molecule has 0 unspecified atom stereocenters. The van der Waals surface area contributed by atoms with Crippen LogP contribution >= 0.6 is 0 Å². The molecule has 2 aliphatic rings. The van der Waals surface area contributed by atoms with Crippen molar-refractivity contribution in [3.05, 3.63) is 11.8 Å². The van der Waals surface area contributed by atoms with E-state index in [4.69, 9.17) is 5.11 Å². The average Bonchev–Trinajstić information content (AvgIpc) is 2.76. The minimum absolute atomic E-state index is 0.117. The number of aliphatic hydroxyl groups is 1. The number of allylic oxidation sites excluding steroid dienone is 1. The smallest absolute Gasteiger partial charge is 0.0578 e. The van der Waals surface area contributed by atoms with Crippen molar-refractivity contribution in [3.63, 3.8) is 0 Å². The fourth-order valence-corrected chi connectivity index (χ4v) is 3.08. The molecule has 2 aliphatic carbocycles. The summed E-state index contributed by atoms with van der Waals surface area (Å²) in [4.78, 5) is 0. The molecule has 4 heteroatoms. The first kappa shape index (κ1) is 11.9. The van der Waals surface area contributed by atoms with Crippen LogP contribution in [0.4, 0.5) is 0 Å².